The number of benzene rings is 3. The summed E-state index contributed by atoms with van der Waals surface area (Å²) in [6.07, 6.45) is 0. The van der Waals surface area contributed by atoms with Gasteiger partial charge in [0.15, 0.2) is 11.2 Å². The smallest absolute Gasteiger partial charge is 0.286 e. The zero-order valence-electron chi connectivity index (χ0n) is 17.9. The van der Waals surface area contributed by atoms with Crippen molar-refractivity contribution in [1.82, 2.24) is 18.7 Å². The highest BCUT2D eigenvalue weighted by Crippen LogP contribution is 2.32. The zero-order chi connectivity index (χ0) is 24.0. The molecule has 0 aliphatic heterocycles. The van der Waals surface area contributed by atoms with Crippen molar-refractivity contribution < 1.29 is 0 Å². The molecule has 170 valence electrons. The van der Waals surface area contributed by atoms with Crippen LogP contribution in [-0.2, 0) is 13.6 Å². The average Bonchev–Trinajstić information content (AvgIpc) is 3.23. The average molecular weight is 512 g/mol. The minimum absolute atomic E-state index is 0.209. The predicted octanol–water partition coefficient (Wildman–Crippen LogP) is 5.56. The summed E-state index contributed by atoms with van der Waals surface area (Å²) in [5.41, 5.74) is 1.71. The number of fused-ring (bicyclic) bond motifs is 1. The summed E-state index contributed by atoms with van der Waals surface area (Å²) in [6, 6.07) is 21.4. The maximum atomic E-state index is 13.4. The summed E-state index contributed by atoms with van der Waals surface area (Å²) in [5.74, 6) is 0.440. The van der Waals surface area contributed by atoms with E-state index < -0.39 is 11.2 Å². The fourth-order valence-corrected chi connectivity index (χ4v) is 4.36. The molecule has 0 N–H and O–H groups in total. The van der Waals surface area contributed by atoms with E-state index in [9.17, 15) is 9.59 Å². The summed E-state index contributed by atoms with van der Waals surface area (Å²) < 4.78 is 4.28. The van der Waals surface area contributed by atoms with Crippen molar-refractivity contribution in [2.75, 3.05) is 0 Å². The first-order valence-electron chi connectivity index (χ1n) is 10.3. The van der Waals surface area contributed by atoms with Gasteiger partial charge in [-0.15, -0.1) is 0 Å². The van der Waals surface area contributed by atoms with E-state index in [2.05, 4.69) is 0 Å². The summed E-state index contributed by atoms with van der Waals surface area (Å²) >= 11 is 18.7. The van der Waals surface area contributed by atoms with Crippen molar-refractivity contribution in [2.24, 2.45) is 7.05 Å². The van der Waals surface area contributed by atoms with Gasteiger partial charge in [0.25, 0.3) is 5.56 Å². The summed E-state index contributed by atoms with van der Waals surface area (Å²) in [5, 5.41) is 1.62. The normalized spacial score (nSPS) is 11.3. The second-order valence-corrected chi connectivity index (χ2v) is 9.04. The fraction of sp³-hybridized carbons (Fsp3) is 0.0800. The Hall–Kier alpha value is -3.32. The van der Waals surface area contributed by atoms with Crippen molar-refractivity contribution in [2.45, 2.75) is 6.54 Å². The number of aromatic nitrogens is 4. The van der Waals surface area contributed by atoms with E-state index in [1.54, 1.807) is 47.0 Å². The topological polar surface area (TPSA) is 61.8 Å². The van der Waals surface area contributed by atoms with Crippen molar-refractivity contribution in [3.8, 4) is 17.1 Å². The number of hydrogen-bond donors (Lipinski definition) is 0. The van der Waals surface area contributed by atoms with Crippen molar-refractivity contribution in [3.05, 3.63) is 114 Å². The molecule has 0 saturated carbocycles. The summed E-state index contributed by atoms with van der Waals surface area (Å²) in [7, 11) is 1.46. The van der Waals surface area contributed by atoms with Gasteiger partial charge in [-0.2, -0.15) is 0 Å². The highest BCUT2D eigenvalue weighted by molar-refractivity contribution is 6.33. The standard InChI is InChI=1S/C25H17Cl3N4O2/c1-30-24(33)21-23(31(25(30)34)14-15-6-8-16(26)9-7-15)29-22(19-4-2-3-5-20(19)28)32(21)18-12-10-17(27)11-13-18/h2-13H,14H2,1H3. The van der Waals surface area contributed by atoms with Crippen LogP contribution in [0.2, 0.25) is 15.1 Å². The summed E-state index contributed by atoms with van der Waals surface area (Å²) in [4.78, 5) is 31.4. The van der Waals surface area contributed by atoms with Gasteiger partial charge in [-0.05, 0) is 54.1 Å². The van der Waals surface area contributed by atoms with Gasteiger partial charge in [-0.3, -0.25) is 18.5 Å². The molecular weight excluding hydrogens is 495 g/mol. The van der Waals surface area contributed by atoms with E-state index in [0.717, 1.165) is 10.1 Å². The van der Waals surface area contributed by atoms with E-state index in [0.29, 0.717) is 32.1 Å². The van der Waals surface area contributed by atoms with Crippen LogP contribution in [0.1, 0.15) is 5.56 Å². The molecule has 34 heavy (non-hydrogen) atoms. The first-order chi connectivity index (χ1) is 16.3. The van der Waals surface area contributed by atoms with E-state index in [1.807, 2.05) is 30.3 Å². The first kappa shape index (κ1) is 22.5. The van der Waals surface area contributed by atoms with E-state index in [4.69, 9.17) is 39.8 Å². The quantitative estimate of drug-likeness (QED) is 0.317. The van der Waals surface area contributed by atoms with Gasteiger partial charge in [0.1, 0.15) is 5.82 Å². The Morgan fingerprint density at radius 3 is 2.09 bits per heavy atom. The second kappa shape index (κ2) is 8.80. The van der Waals surface area contributed by atoms with Gasteiger partial charge in [-0.25, -0.2) is 9.78 Å². The Balaban J connectivity index is 1.89. The molecule has 2 heterocycles. The van der Waals surface area contributed by atoms with Crippen LogP contribution in [0.3, 0.4) is 0 Å². The minimum atomic E-state index is -0.473. The molecule has 0 radical (unpaired) electrons. The van der Waals surface area contributed by atoms with Crippen molar-refractivity contribution in [3.63, 3.8) is 0 Å². The van der Waals surface area contributed by atoms with E-state index >= 15 is 0 Å². The minimum Gasteiger partial charge on any atom is -0.286 e. The highest BCUT2D eigenvalue weighted by Gasteiger charge is 2.23. The first-order valence-corrected chi connectivity index (χ1v) is 11.5. The molecule has 0 bridgehead atoms. The lowest BCUT2D eigenvalue weighted by atomic mass is 10.2. The number of halogens is 3. The third-order valence-electron chi connectivity index (χ3n) is 5.59. The van der Waals surface area contributed by atoms with Crippen LogP contribution in [0, 0.1) is 0 Å². The molecule has 5 aromatic rings. The molecule has 0 spiro atoms. The molecule has 0 saturated heterocycles. The van der Waals surface area contributed by atoms with Gasteiger partial charge < -0.3 is 0 Å². The largest absolute Gasteiger partial charge is 0.332 e. The van der Waals surface area contributed by atoms with Crippen LogP contribution in [-0.4, -0.2) is 18.7 Å². The Kier molecular flexibility index (Phi) is 5.81. The lowest BCUT2D eigenvalue weighted by Crippen LogP contribution is -2.38. The molecule has 5 rings (SSSR count). The van der Waals surface area contributed by atoms with Crippen molar-refractivity contribution >= 4 is 46.0 Å². The highest BCUT2D eigenvalue weighted by atomic mass is 35.5. The van der Waals surface area contributed by atoms with Crippen LogP contribution >= 0.6 is 34.8 Å². The van der Waals surface area contributed by atoms with Gasteiger partial charge in [0.05, 0.1) is 11.6 Å². The molecular formula is C25H17Cl3N4O2. The SMILES string of the molecule is Cn1c(=O)c2c(nc(-c3ccccc3Cl)n2-c2ccc(Cl)cc2)n(Cc2ccc(Cl)cc2)c1=O. The van der Waals surface area contributed by atoms with Crippen LogP contribution in [0.5, 0.6) is 0 Å². The number of nitrogens with zero attached hydrogens (tertiary/aromatic N) is 4. The van der Waals surface area contributed by atoms with Gasteiger partial charge in [0, 0.05) is 28.3 Å². The molecule has 0 aliphatic carbocycles. The third kappa shape index (κ3) is 3.84. The Morgan fingerprint density at radius 1 is 0.824 bits per heavy atom. The zero-order valence-corrected chi connectivity index (χ0v) is 20.1. The molecule has 0 unspecified atom stereocenters. The molecule has 3 aromatic carbocycles. The molecule has 0 atom stereocenters. The molecule has 9 heteroatoms. The molecule has 6 nitrogen and oxygen atoms in total. The van der Waals surface area contributed by atoms with Crippen molar-refractivity contribution in [1.29, 1.82) is 0 Å². The number of imidazole rings is 1. The lowest BCUT2D eigenvalue weighted by molar-refractivity contribution is 0.668. The van der Waals surface area contributed by atoms with Crippen LogP contribution in [0.25, 0.3) is 28.2 Å². The molecule has 0 aliphatic rings. The molecule has 0 amide bonds. The van der Waals surface area contributed by atoms with Gasteiger partial charge in [-0.1, -0.05) is 59.1 Å². The van der Waals surface area contributed by atoms with Gasteiger partial charge in [0.2, 0.25) is 0 Å². The number of hydrogen-bond acceptors (Lipinski definition) is 3. The second-order valence-electron chi connectivity index (χ2n) is 7.76. The molecule has 2 aromatic heterocycles. The predicted molar refractivity (Wildman–Crippen MR) is 137 cm³/mol. The number of rotatable bonds is 4. The maximum absolute atomic E-state index is 13.4. The van der Waals surface area contributed by atoms with E-state index in [1.165, 1.54) is 11.6 Å². The Labute approximate surface area is 209 Å². The van der Waals surface area contributed by atoms with Gasteiger partial charge >= 0.3 is 5.69 Å². The maximum Gasteiger partial charge on any atom is 0.332 e. The fourth-order valence-electron chi connectivity index (χ4n) is 3.89. The summed E-state index contributed by atoms with van der Waals surface area (Å²) in [6.45, 7) is 0.209. The van der Waals surface area contributed by atoms with Crippen LogP contribution in [0.15, 0.2) is 82.4 Å². The van der Waals surface area contributed by atoms with Crippen LogP contribution in [0.4, 0.5) is 0 Å². The lowest BCUT2D eigenvalue weighted by Gasteiger charge is -2.12. The van der Waals surface area contributed by atoms with Crippen LogP contribution < -0.4 is 11.2 Å². The monoisotopic (exact) mass is 510 g/mol. The molecule has 0 fully saturated rings. The Morgan fingerprint density at radius 2 is 1.44 bits per heavy atom. The Bertz CT molecular complexity index is 1650. The third-order valence-corrected chi connectivity index (χ3v) is 6.43. The van der Waals surface area contributed by atoms with E-state index in [-0.39, 0.29) is 17.7 Å².